The quantitative estimate of drug-likeness (QED) is 0.395. The average Bonchev–Trinajstić information content (AvgIpc) is 2.17. The van der Waals surface area contributed by atoms with Gasteiger partial charge in [-0.2, -0.15) is 13.2 Å². The van der Waals surface area contributed by atoms with E-state index in [1.165, 1.54) is 12.1 Å². The maximum atomic E-state index is 12.3. The van der Waals surface area contributed by atoms with Gasteiger partial charge in [-0.15, -0.1) is 0 Å². The monoisotopic (exact) mass is 235 g/mol. The highest BCUT2D eigenvalue weighted by atomic mass is 32.1. The van der Waals surface area contributed by atoms with Crippen LogP contribution in [0.4, 0.5) is 18.9 Å². The minimum atomic E-state index is -4.37. The normalized spacial score (nSPS) is 10.9. The molecule has 1 aromatic rings. The lowest BCUT2D eigenvalue weighted by Crippen LogP contribution is -2.34. The first-order valence-corrected chi connectivity index (χ1v) is 4.29. The molecule has 0 aliphatic carbocycles. The van der Waals surface area contributed by atoms with Crippen LogP contribution < -0.4 is 16.6 Å². The number of halogens is 3. The van der Waals surface area contributed by atoms with Crippen LogP contribution in [-0.4, -0.2) is 5.11 Å². The van der Waals surface area contributed by atoms with Crippen molar-refractivity contribution in [3.63, 3.8) is 0 Å². The molecule has 3 nitrogen and oxygen atoms in total. The molecule has 0 amide bonds. The second-order valence-corrected chi connectivity index (χ2v) is 3.09. The minimum Gasteiger partial charge on any atom is -0.332 e. The number of thiocarbonyl (C=S) groups is 1. The third-order valence-electron chi connectivity index (χ3n) is 1.58. The Morgan fingerprint density at radius 3 is 2.53 bits per heavy atom. The number of nitrogens with two attached hydrogens (primary N) is 1. The summed E-state index contributed by atoms with van der Waals surface area (Å²) in [4.78, 5) is 0. The van der Waals surface area contributed by atoms with Crippen LogP contribution in [0.5, 0.6) is 0 Å². The van der Waals surface area contributed by atoms with Gasteiger partial charge in [0.1, 0.15) is 0 Å². The van der Waals surface area contributed by atoms with Crippen LogP contribution in [0.15, 0.2) is 24.3 Å². The Morgan fingerprint density at radius 1 is 1.33 bits per heavy atom. The van der Waals surface area contributed by atoms with Gasteiger partial charge in [0, 0.05) is 5.69 Å². The van der Waals surface area contributed by atoms with Crippen molar-refractivity contribution in [2.45, 2.75) is 6.18 Å². The number of rotatable bonds is 1. The smallest absolute Gasteiger partial charge is 0.332 e. The third kappa shape index (κ3) is 3.37. The van der Waals surface area contributed by atoms with Gasteiger partial charge >= 0.3 is 6.18 Å². The summed E-state index contributed by atoms with van der Waals surface area (Å²) in [6.07, 6.45) is -4.37. The molecule has 0 aromatic heterocycles. The fourth-order valence-electron chi connectivity index (χ4n) is 0.940. The molecule has 0 atom stereocenters. The highest BCUT2D eigenvalue weighted by molar-refractivity contribution is 7.80. The number of alkyl halides is 3. The first-order chi connectivity index (χ1) is 6.93. The van der Waals surface area contributed by atoms with E-state index in [1.807, 2.05) is 0 Å². The summed E-state index contributed by atoms with van der Waals surface area (Å²) in [5, 5.41) is 2.55. The zero-order valence-electron chi connectivity index (χ0n) is 7.43. The lowest BCUT2D eigenvalue weighted by Gasteiger charge is -2.10. The van der Waals surface area contributed by atoms with Gasteiger partial charge in [0.15, 0.2) is 5.11 Å². The first kappa shape index (κ1) is 11.7. The highest BCUT2D eigenvalue weighted by Crippen LogP contribution is 2.30. The Kier molecular flexibility index (Phi) is 3.48. The Morgan fingerprint density at radius 2 is 2.00 bits per heavy atom. The van der Waals surface area contributed by atoms with Crippen LogP contribution in [0.1, 0.15) is 5.56 Å². The molecule has 1 aromatic carbocycles. The average molecular weight is 235 g/mol. The van der Waals surface area contributed by atoms with Crippen molar-refractivity contribution in [2.75, 3.05) is 5.32 Å². The van der Waals surface area contributed by atoms with E-state index in [2.05, 4.69) is 23.0 Å². The van der Waals surface area contributed by atoms with Gasteiger partial charge < -0.3 is 10.7 Å². The van der Waals surface area contributed by atoms with Crippen molar-refractivity contribution in [1.82, 2.24) is 5.43 Å². The molecular formula is C8H8F3N3S. The van der Waals surface area contributed by atoms with Crippen LogP contribution in [0.25, 0.3) is 0 Å². The molecule has 0 aliphatic rings. The van der Waals surface area contributed by atoms with Gasteiger partial charge in [-0.1, -0.05) is 6.07 Å². The van der Waals surface area contributed by atoms with E-state index in [0.717, 1.165) is 12.1 Å². The topological polar surface area (TPSA) is 50.1 Å². The number of hydrogen-bond acceptors (Lipinski definition) is 2. The van der Waals surface area contributed by atoms with Gasteiger partial charge in [-0.3, -0.25) is 0 Å². The summed E-state index contributed by atoms with van der Waals surface area (Å²) in [5.41, 5.74) is 1.60. The summed E-state index contributed by atoms with van der Waals surface area (Å²) in [6.45, 7) is 0. The molecule has 0 radical (unpaired) electrons. The molecule has 82 valence electrons. The van der Waals surface area contributed by atoms with E-state index in [-0.39, 0.29) is 10.8 Å². The molecule has 0 saturated heterocycles. The molecule has 4 N–H and O–H groups in total. The third-order valence-corrected chi connectivity index (χ3v) is 1.80. The lowest BCUT2D eigenvalue weighted by molar-refractivity contribution is -0.137. The zero-order valence-corrected chi connectivity index (χ0v) is 8.25. The summed E-state index contributed by atoms with van der Waals surface area (Å²) < 4.78 is 36.9. The van der Waals surface area contributed by atoms with Crippen molar-refractivity contribution in [3.8, 4) is 0 Å². The van der Waals surface area contributed by atoms with Gasteiger partial charge in [-0.25, -0.2) is 5.84 Å². The fourth-order valence-corrected chi connectivity index (χ4v) is 1.06. The molecule has 1 rings (SSSR count). The SMILES string of the molecule is NNC(=S)Nc1cccc(C(F)(F)F)c1. The summed E-state index contributed by atoms with van der Waals surface area (Å²) in [5.74, 6) is 4.97. The Bertz CT molecular complexity index is 364. The van der Waals surface area contributed by atoms with E-state index in [4.69, 9.17) is 5.84 Å². The lowest BCUT2D eigenvalue weighted by atomic mass is 10.2. The number of nitrogens with one attached hydrogen (secondary N) is 2. The molecule has 0 aliphatic heterocycles. The Labute approximate surface area is 89.4 Å². The predicted octanol–water partition coefficient (Wildman–Crippen LogP) is 1.87. The van der Waals surface area contributed by atoms with Gasteiger partial charge in [0.25, 0.3) is 0 Å². The molecule has 0 bridgehead atoms. The largest absolute Gasteiger partial charge is 0.416 e. The number of hydrazine groups is 1. The van der Waals surface area contributed by atoms with E-state index < -0.39 is 11.7 Å². The number of anilines is 1. The molecule has 15 heavy (non-hydrogen) atoms. The van der Waals surface area contributed by atoms with Crippen molar-refractivity contribution >= 4 is 23.0 Å². The van der Waals surface area contributed by atoms with Gasteiger partial charge in [-0.05, 0) is 30.4 Å². The van der Waals surface area contributed by atoms with Crippen LogP contribution in [-0.2, 0) is 6.18 Å². The van der Waals surface area contributed by atoms with Crippen LogP contribution >= 0.6 is 12.2 Å². The first-order valence-electron chi connectivity index (χ1n) is 3.88. The van der Waals surface area contributed by atoms with E-state index in [1.54, 1.807) is 0 Å². The van der Waals surface area contributed by atoms with Crippen molar-refractivity contribution in [2.24, 2.45) is 5.84 Å². The summed E-state index contributed by atoms with van der Waals surface area (Å²) in [6, 6.07) is 4.66. The standard InChI is InChI=1S/C8H8F3N3S/c9-8(10,11)5-2-1-3-6(4-5)13-7(15)14-12/h1-4H,12H2,(H2,13,14,15). The zero-order chi connectivity index (χ0) is 11.5. The van der Waals surface area contributed by atoms with Crippen LogP contribution in [0.3, 0.4) is 0 Å². The maximum absolute atomic E-state index is 12.3. The summed E-state index contributed by atoms with van der Waals surface area (Å²) in [7, 11) is 0. The molecule has 0 heterocycles. The Hall–Kier alpha value is -1.34. The van der Waals surface area contributed by atoms with Crippen molar-refractivity contribution < 1.29 is 13.2 Å². The molecule has 0 saturated carbocycles. The molecule has 0 spiro atoms. The van der Waals surface area contributed by atoms with Crippen molar-refractivity contribution in [3.05, 3.63) is 29.8 Å². The minimum absolute atomic E-state index is 0.0503. The highest BCUT2D eigenvalue weighted by Gasteiger charge is 2.30. The van der Waals surface area contributed by atoms with Gasteiger partial charge in [0.2, 0.25) is 0 Å². The van der Waals surface area contributed by atoms with E-state index >= 15 is 0 Å². The number of hydrogen-bond donors (Lipinski definition) is 3. The predicted molar refractivity (Wildman–Crippen MR) is 55.0 cm³/mol. The molecule has 0 fully saturated rings. The molecular weight excluding hydrogens is 227 g/mol. The Balaban J connectivity index is 2.88. The second-order valence-electron chi connectivity index (χ2n) is 2.68. The van der Waals surface area contributed by atoms with Crippen LogP contribution in [0.2, 0.25) is 0 Å². The molecule has 7 heteroatoms. The van der Waals surface area contributed by atoms with Crippen molar-refractivity contribution in [1.29, 1.82) is 0 Å². The van der Waals surface area contributed by atoms with Gasteiger partial charge in [0.05, 0.1) is 5.56 Å². The molecule has 0 unspecified atom stereocenters. The van der Waals surface area contributed by atoms with E-state index in [9.17, 15) is 13.2 Å². The fraction of sp³-hybridized carbons (Fsp3) is 0.125. The maximum Gasteiger partial charge on any atom is 0.416 e. The second kappa shape index (κ2) is 4.45. The van der Waals surface area contributed by atoms with Crippen LogP contribution in [0, 0.1) is 0 Å². The summed E-state index contributed by atoms with van der Waals surface area (Å²) >= 11 is 4.65. The van der Waals surface area contributed by atoms with E-state index in [0.29, 0.717) is 0 Å². The number of benzene rings is 1.